The lowest BCUT2D eigenvalue weighted by atomic mass is 10.1. The molecule has 1 fully saturated rings. The molecule has 202 valence electrons. The largest absolute Gasteiger partial charge is 0.493 e. The molecule has 1 aliphatic heterocycles. The minimum atomic E-state index is -0.797. The van der Waals surface area contributed by atoms with Crippen LogP contribution in [-0.4, -0.2) is 35.5 Å². The lowest BCUT2D eigenvalue weighted by Crippen LogP contribution is -2.28. The molecule has 0 spiro atoms. The fraction of sp³-hybridized carbons (Fsp3) is 0.241. The number of non-ortho nitro benzene ring substituents is 1. The van der Waals surface area contributed by atoms with Gasteiger partial charge in [-0.2, -0.15) is 0 Å². The number of nitro benzene ring substituents is 1. The molecule has 1 aliphatic rings. The molecule has 10 heteroatoms. The van der Waals surface area contributed by atoms with Gasteiger partial charge < -0.3 is 19.1 Å². The van der Waals surface area contributed by atoms with E-state index in [4.69, 9.17) is 14.2 Å². The number of hydrogen-bond acceptors (Lipinski definition) is 7. The number of anilines is 1. The lowest BCUT2D eigenvalue weighted by Gasteiger charge is -2.22. The fourth-order valence-electron chi connectivity index (χ4n) is 4.23. The van der Waals surface area contributed by atoms with Crippen LogP contribution in [0.4, 0.5) is 16.2 Å². The van der Waals surface area contributed by atoms with Gasteiger partial charge in [-0.3, -0.25) is 20.2 Å². The molecule has 10 nitrogen and oxygen atoms in total. The van der Waals surface area contributed by atoms with Crippen molar-refractivity contribution in [1.82, 2.24) is 4.90 Å². The zero-order valence-electron chi connectivity index (χ0n) is 21.7. The van der Waals surface area contributed by atoms with Crippen LogP contribution in [0.2, 0.25) is 0 Å². The Bertz CT molecular complexity index is 1370. The van der Waals surface area contributed by atoms with E-state index in [9.17, 15) is 19.7 Å². The second-order valence-electron chi connectivity index (χ2n) is 8.79. The van der Waals surface area contributed by atoms with E-state index < -0.39 is 11.0 Å². The molecule has 0 saturated carbocycles. The Labute approximate surface area is 225 Å². The number of nitrogens with zero attached hydrogens (tertiary/aromatic N) is 2. The number of benzene rings is 3. The summed E-state index contributed by atoms with van der Waals surface area (Å²) in [6, 6.07) is 18.4. The van der Waals surface area contributed by atoms with Crippen molar-refractivity contribution in [2.45, 2.75) is 33.0 Å². The Kier molecular flexibility index (Phi) is 8.78. The second-order valence-corrected chi connectivity index (χ2v) is 8.79. The summed E-state index contributed by atoms with van der Waals surface area (Å²) >= 11 is 0. The maximum Gasteiger partial charge on any atom is 0.411 e. The van der Waals surface area contributed by atoms with Gasteiger partial charge in [0.1, 0.15) is 13.2 Å². The third-order valence-corrected chi connectivity index (χ3v) is 6.26. The number of ether oxygens (including phenoxy) is 3. The van der Waals surface area contributed by atoms with Gasteiger partial charge in [-0.05, 0) is 49.1 Å². The molecule has 0 atom stereocenters. The van der Waals surface area contributed by atoms with Gasteiger partial charge in [0, 0.05) is 30.4 Å². The third-order valence-electron chi connectivity index (χ3n) is 6.26. The molecule has 1 saturated heterocycles. The Morgan fingerprint density at radius 3 is 2.41 bits per heavy atom. The standard InChI is InChI=1S/C29H29N3O7/c1-3-22-10-7-15-31(22)28(33)24-16-26(37-2)27(38-18-20-8-5-4-6-9-20)17-25(24)30-29(34)39-19-21-11-13-23(14-12-21)32(35)36/h3-6,8-9,11-14,16-17H,7,10,15,18-19H2,1-2H3,(H,30,34). The van der Waals surface area contributed by atoms with Crippen molar-refractivity contribution in [1.29, 1.82) is 0 Å². The van der Waals surface area contributed by atoms with Gasteiger partial charge in [-0.25, -0.2) is 4.79 Å². The molecule has 3 aromatic rings. The number of nitrogens with one attached hydrogen (secondary N) is 1. The van der Waals surface area contributed by atoms with Crippen LogP contribution in [0.1, 0.15) is 41.3 Å². The van der Waals surface area contributed by atoms with Gasteiger partial charge in [0.05, 0.1) is 23.3 Å². The van der Waals surface area contributed by atoms with E-state index in [0.717, 1.165) is 24.1 Å². The van der Waals surface area contributed by atoms with E-state index in [0.29, 0.717) is 23.6 Å². The predicted octanol–water partition coefficient (Wildman–Crippen LogP) is 6.07. The van der Waals surface area contributed by atoms with Crippen LogP contribution in [0.25, 0.3) is 0 Å². The summed E-state index contributed by atoms with van der Waals surface area (Å²) in [7, 11) is 1.48. The molecule has 4 rings (SSSR count). The zero-order valence-corrected chi connectivity index (χ0v) is 21.7. The molecule has 1 N–H and O–H groups in total. The number of methoxy groups -OCH3 is 1. The molecule has 1 heterocycles. The molecule has 0 radical (unpaired) electrons. The summed E-state index contributed by atoms with van der Waals surface area (Å²) in [5.41, 5.74) is 2.80. The van der Waals surface area contributed by atoms with Crippen molar-refractivity contribution >= 4 is 23.4 Å². The van der Waals surface area contributed by atoms with E-state index in [2.05, 4.69) is 5.32 Å². The monoisotopic (exact) mass is 531 g/mol. The number of rotatable bonds is 9. The molecule has 3 aromatic carbocycles. The summed E-state index contributed by atoms with van der Waals surface area (Å²) in [5.74, 6) is 0.413. The van der Waals surface area contributed by atoms with Gasteiger partial charge in [-0.1, -0.05) is 36.4 Å². The van der Waals surface area contributed by atoms with Crippen LogP contribution >= 0.6 is 0 Å². The number of likely N-dealkylation sites (tertiary alicyclic amines) is 1. The van der Waals surface area contributed by atoms with Crippen molar-refractivity contribution in [3.05, 3.63) is 105 Å². The molecule has 0 unspecified atom stereocenters. The van der Waals surface area contributed by atoms with Gasteiger partial charge in [0.2, 0.25) is 0 Å². The first-order chi connectivity index (χ1) is 18.9. The number of carbonyl (C=O) groups excluding carboxylic acids is 2. The van der Waals surface area contributed by atoms with Crippen molar-refractivity contribution < 1.29 is 28.7 Å². The number of carbonyl (C=O) groups is 2. The van der Waals surface area contributed by atoms with E-state index in [-0.39, 0.29) is 36.1 Å². The normalized spacial score (nSPS) is 13.7. The van der Waals surface area contributed by atoms with Crippen LogP contribution in [-0.2, 0) is 18.0 Å². The summed E-state index contributed by atoms with van der Waals surface area (Å²) in [5, 5.41) is 13.5. The first-order valence-corrected chi connectivity index (χ1v) is 12.4. The summed E-state index contributed by atoms with van der Waals surface area (Å²) in [6.45, 7) is 2.59. The smallest absolute Gasteiger partial charge is 0.411 e. The number of hydrogen-bond donors (Lipinski definition) is 1. The Morgan fingerprint density at radius 2 is 1.74 bits per heavy atom. The molecular weight excluding hydrogens is 502 g/mol. The zero-order chi connectivity index (χ0) is 27.8. The van der Waals surface area contributed by atoms with Crippen LogP contribution in [0.3, 0.4) is 0 Å². The summed E-state index contributed by atoms with van der Waals surface area (Å²) in [6.07, 6.45) is 2.75. The second kappa shape index (κ2) is 12.6. The molecule has 0 aromatic heterocycles. The highest BCUT2D eigenvalue weighted by Gasteiger charge is 2.28. The average molecular weight is 532 g/mol. The highest BCUT2D eigenvalue weighted by molar-refractivity contribution is 6.04. The maximum atomic E-state index is 13.6. The van der Waals surface area contributed by atoms with E-state index >= 15 is 0 Å². The van der Waals surface area contributed by atoms with Crippen molar-refractivity contribution in [2.75, 3.05) is 19.0 Å². The summed E-state index contributed by atoms with van der Waals surface area (Å²) < 4.78 is 16.9. The van der Waals surface area contributed by atoms with Crippen LogP contribution in [0.15, 0.2) is 78.5 Å². The van der Waals surface area contributed by atoms with Crippen LogP contribution in [0, 0.1) is 10.1 Å². The van der Waals surface area contributed by atoms with E-state index in [1.54, 1.807) is 17.0 Å². The molecule has 0 aliphatic carbocycles. The Morgan fingerprint density at radius 1 is 1.03 bits per heavy atom. The van der Waals surface area contributed by atoms with Crippen molar-refractivity contribution in [2.24, 2.45) is 0 Å². The topological polar surface area (TPSA) is 120 Å². The lowest BCUT2D eigenvalue weighted by molar-refractivity contribution is -0.384. The first-order valence-electron chi connectivity index (χ1n) is 12.4. The van der Waals surface area contributed by atoms with E-state index in [1.165, 1.54) is 31.4 Å². The SMILES string of the molecule is CC=C1CCCN1C(=O)c1cc(OC)c(OCc2ccccc2)cc1NC(=O)OCc1ccc([N+](=O)[O-])cc1. The Balaban J connectivity index is 1.58. The predicted molar refractivity (Wildman–Crippen MR) is 145 cm³/mol. The number of nitro groups is 1. The van der Waals surface area contributed by atoms with Crippen molar-refractivity contribution in [3.63, 3.8) is 0 Å². The van der Waals surface area contributed by atoms with Crippen LogP contribution in [0.5, 0.6) is 11.5 Å². The fourth-order valence-corrected chi connectivity index (χ4v) is 4.23. The highest BCUT2D eigenvalue weighted by Crippen LogP contribution is 2.36. The highest BCUT2D eigenvalue weighted by atomic mass is 16.6. The minimum absolute atomic E-state index is 0.0602. The molecule has 0 bridgehead atoms. The van der Waals surface area contributed by atoms with Gasteiger partial charge in [0.25, 0.3) is 11.6 Å². The van der Waals surface area contributed by atoms with Gasteiger partial charge >= 0.3 is 6.09 Å². The first kappa shape index (κ1) is 27.2. The molecule has 39 heavy (non-hydrogen) atoms. The van der Waals surface area contributed by atoms with E-state index in [1.807, 2.05) is 43.3 Å². The number of amides is 2. The summed E-state index contributed by atoms with van der Waals surface area (Å²) in [4.78, 5) is 38.4. The average Bonchev–Trinajstić information content (AvgIpc) is 3.44. The maximum absolute atomic E-state index is 13.6. The minimum Gasteiger partial charge on any atom is -0.493 e. The quantitative estimate of drug-likeness (QED) is 0.263. The molecule has 2 amide bonds. The van der Waals surface area contributed by atoms with Crippen molar-refractivity contribution in [3.8, 4) is 11.5 Å². The third kappa shape index (κ3) is 6.72. The number of allylic oxidation sites excluding steroid dienone is 2. The van der Waals surface area contributed by atoms with Crippen LogP contribution < -0.4 is 14.8 Å². The van der Waals surface area contributed by atoms with Gasteiger partial charge in [-0.15, -0.1) is 0 Å². The molecular formula is C29H29N3O7. The Hall–Kier alpha value is -4.86. The van der Waals surface area contributed by atoms with Gasteiger partial charge in [0.15, 0.2) is 11.5 Å².